The second-order valence-corrected chi connectivity index (χ2v) is 6.95. The monoisotopic (exact) mass is 270 g/mol. The van der Waals surface area contributed by atoms with E-state index in [-0.39, 0.29) is 17.4 Å². The zero-order chi connectivity index (χ0) is 14.8. The summed E-state index contributed by atoms with van der Waals surface area (Å²) in [5.74, 6) is 0.694. The minimum Gasteiger partial charge on any atom is -0.377 e. The molecule has 4 heteroatoms. The molecule has 0 bridgehead atoms. The van der Waals surface area contributed by atoms with Crippen LogP contribution in [0.2, 0.25) is 0 Å². The number of hydrogen-bond acceptors (Lipinski definition) is 3. The van der Waals surface area contributed by atoms with Gasteiger partial charge in [-0.15, -0.1) is 0 Å². The predicted molar refractivity (Wildman–Crippen MR) is 78.1 cm³/mol. The summed E-state index contributed by atoms with van der Waals surface area (Å²) in [6.45, 7) is 11.5. The molecule has 1 N–H and O–H groups in total. The van der Waals surface area contributed by atoms with Crippen LogP contribution in [0, 0.1) is 11.3 Å². The van der Waals surface area contributed by atoms with Crippen LogP contribution in [0.4, 0.5) is 0 Å². The Morgan fingerprint density at radius 3 is 2.37 bits per heavy atom. The van der Waals surface area contributed by atoms with E-state index < -0.39 is 0 Å². The third-order valence-electron chi connectivity index (χ3n) is 4.07. The van der Waals surface area contributed by atoms with E-state index in [9.17, 15) is 4.79 Å². The maximum atomic E-state index is 11.9. The number of amides is 1. The van der Waals surface area contributed by atoms with Gasteiger partial charge in [-0.25, -0.2) is 0 Å². The van der Waals surface area contributed by atoms with E-state index in [0.717, 1.165) is 13.0 Å². The van der Waals surface area contributed by atoms with Crippen molar-refractivity contribution in [3.8, 4) is 0 Å². The number of carbonyl (C=O) groups is 1. The molecule has 0 aromatic heterocycles. The second kappa shape index (κ2) is 6.23. The third kappa shape index (κ3) is 3.93. The van der Waals surface area contributed by atoms with Gasteiger partial charge in [-0.2, -0.15) is 0 Å². The first kappa shape index (κ1) is 16.4. The molecular formula is C15H30N2O2. The minimum atomic E-state index is -0.134. The lowest BCUT2D eigenvalue weighted by Gasteiger charge is -2.52. The average molecular weight is 270 g/mol. The highest BCUT2D eigenvalue weighted by Crippen LogP contribution is 2.43. The van der Waals surface area contributed by atoms with Crippen molar-refractivity contribution in [3.05, 3.63) is 0 Å². The van der Waals surface area contributed by atoms with E-state index in [1.54, 1.807) is 19.0 Å². The molecule has 1 rings (SSSR count). The Morgan fingerprint density at radius 1 is 1.37 bits per heavy atom. The lowest BCUT2D eigenvalue weighted by molar-refractivity contribution is -0.138. The zero-order valence-electron chi connectivity index (χ0n) is 13.5. The van der Waals surface area contributed by atoms with E-state index in [1.165, 1.54) is 0 Å². The van der Waals surface area contributed by atoms with Crippen LogP contribution >= 0.6 is 0 Å². The largest absolute Gasteiger partial charge is 0.377 e. The van der Waals surface area contributed by atoms with Crippen LogP contribution in [0.15, 0.2) is 0 Å². The Morgan fingerprint density at radius 2 is 1.95 bits per heavy atom. The molecule has 3 unspecified atom stereocenters. The van der Waals surface area contributed by atoms with Crippen molar-refractivity contribution in [1.29, 1.82) is 0 Å². The van der Waals surface area contributed by atoms with Crippen molar-refractivity contribution in [3.63, 3.8) is 0 Å². The van der Waals surface area contributed by atoms with Crippen LogP contribution in [0.5, 0.6) is 0 Å². The molecule has 1 saturated carbocycles. The molecule has 112 valence electrons. The highest BCUT2D eigenvalue weighted by Gasteiger charge is 2.49. The van der Waals surface area contributed by atoms with Crippen molar-refractivity contribution in [2.75, 3.05) is 20.7 Å². The van der Waals surface area contributed by atoms with E-state index >= 15 is 0 Å². The number of likely N-dealkylation sites (N-methyl/N-ethyl adjacent to an activating group) is 1. The number of ether oxygens (including phenoxy) is 1. The highest BCUT2D eigenvalue weighted by atomic mass is 16.5. The third-order valence-corrected chi connectivity index (χ3v) is 4.07. The van der Waals surface area contributed by atoms with Gasteiger partial charge in [0.2, 0.25) is 5.91 Å². The fourth-order valence-electron chi connectivity index (χ4n) is 2.52. The lowest BCUT2D eigenvalue weighted by atomic mass is 9.64. The Bertz CT molecular complexity index is 313. The summed E-state index contributed by atoms with van der Waals surface area (Å²) < 4.78 is 5.94. The van der Waals surface area contributed by atoms with Crippen LogP contribution in [-0.4, -0.2) is 49.7 Å². The van der Waals surface area contributed by atoms with E-state index in [1.807, 2.05) is 6.92 Å². The number of hydrogen-bond donors (Lipinski definition) is 1. The fourth-order valence-corrected chi connectivity index (χ4v) is 2.52. The standard InChI is InChI=1S/C15H30N2O2/c1-10(2)9-19-13-8-12(15(13,4)5)16-11(3)14(18)17(6)7/h10-13,16H,8-9H2,1-7H3. The van der Waals surface area contributed by atoms with Crippen LogP contribution in [0.3, 0.4) is 0 Å². The average Bonchev–Trinajstić information content (AvgIpc) is 2.30. The van der Waals surface area contributed by atoms with Crippen LogP contribution in [0.1, 0.15) is 41.0 Å². The molecule has 4 nitrogen and oxygen atoms in total. The van der Waals surface area contributed by atoms with E-state index in [2.05, 4.69) is 33.0 Å². The van der Waals surface area contributed by atoms with Crippen molar-refractivity contribution < 1.29 is 9.53 Å². The van der Waals surface area contributed by atoms with E-state index in [4.69, 9.17) is 4.74 Å². The number of nitrogens with one attached hydrogen (secondary N) is 1. The van der Waals surface area contributed by atoms with Gasteiger partial charge in [-0.1, -0.05) is 27.7 Å². The molecule has 19 heavy (non-hydrogen) atoms. The SMILES string of the molecule is CC(C)COC1CC(NC(C)C(=O)N(C)C)C1(C)C. The first-order valence-corrected chi connectivity index (χ1v) is 7.25. The van der Waals surface area contributed by atoms with Gasteiger partial charge in [-0.05, 0) is 19.3 Å². The normalized spacial score (nSPS) is 26.9. The molecular weight excluding hydrogens is 240 g/mol. The molecule has 1 aliphatic rings. The summed E-state index contributed by atoms with van der Waals surface area (Å²) in [4.78, 5) is 13.5. The van der Waals surface area contributed by atoms with Gasteiger partial charge >= 0.3 is 0 Å². The summed E-state index contributed by atoms with van der Waals surface area (Å²) >= 11 is 0. The van der Waals surface area contributed by atoms with Crippen molar-refractivity contribution in [1.82, 2.24) is 10.2 Å². The predicted octanol–water partition coefficient (Wildman–Crippen LogP) is 1.89. The van der Waals surface area contributed by atoms with Crippen molar-refractivity contribution in [2.45, 2.75) is 59.2 Å². The quantitative estimate of drug-likeness (QED) is 0.801. The Balaban J connectivity index is 2.44. The van der Waals surface area contributed by atoms with Crippen molar-refractivity contribution in [2.24, 2.45) is 11.3 Å². The van der Waals surface area contributed by atoms with Gasteiger partial charge in [0.05, 0.1) is 12.1 Å². The molecule has 0 radical (unpaired) electrons. The van der Waals surface area contributed by atoms with Crippen molar-refractivity contribution >= 4 is 5.91 Å². The highest BCUT2D eigenvalue weighted by molar-refractivity contribution is 5.80. The first-order valence-electron chi connectivity index (χ1n) is 7.25. The lowest BCUT2D eigenvalue weighted by Crippen LogP contribution is -2.64. The number of nitrogens with zero attached hydrogens (tertiary/aromatic N) is 1. The van der Waals surface area contributed by atoms with Gasteiger partial charge in [0, 0.05) is 32.2 Å². The molecule has 0 aromatic rings. The first-order chi connectivity index (χ1) is 8.66. The fraction of sp³-hybridized carbons (Fsp3) is 0.933. The topological polar surface area (TPSA) is 41.6 Å². The molecule has 1 aliphatic carbocycles. The van der Waals surface area contributed by atoms with Gasteiger partial charge < -0.3 is 15.0 Å². The molecule has 0 aliphatic heterocycles. The Labute approximate surface area is 117 Å². The van der Waals surface area contributed by atoms with Gasteiger partial charge in [0.25, 0.3) is 0 Å². The van der Waals surface area contributed by atoms with E-state index in [0.29, 0.717) is 18.1 Å². The Kier molecular flexibility index (Phi) is 5.39. The molecule has 0 aromatic carbocycles. The summed E-state index contributed by atoms with van der Waals surface area (Å²) in [7, 11) is 3.59. The number of carbonyl (C=O) groups excluding carboxylic acids is 1. The zero-order valence-corrected chi connectivity index (χ0v) is 13.5. The molecule has 1 fully saturated rings. The minimum absolute atomic E-state index is 0.0930. The second-order valence-electron chi connectivity index (χ2n) is 6.95. The van der Waals surface area contributed by atoms with Gasteiger partial charge in [-0.3, -0.25) is 4.79 Å². The maximum Gasteiger partial charge on any atom is 0.238 e. The summed E-state index contributed by atoms with van der Waals surface area (Å²) in [5, 5.41) is 3.43. The Hall–Kier alpha value is -0.610. The van der Waals surface area contributed by atoms with Crippen LogP contribution in [-0.2, 0) is 9.53 Å². The molecule has 3 atom stereocenters. The molecule has 0 spiro atoms. The van der Waals surface area contributed by atoms with Gasteiger partial charge in [0.1, 0.15) is 0 Å². The summed E-state index contributed by atoms with van der Waals surface area (Å²) in [6.07, 6.45) is 1.29. The molecule has 0 heterocycles. The maximum absolute atomic E-state index is 11.9. The summed E-state index contributed by atoms with van der Waals surface area (Å²) in [6, 6.07) is 0.217. The smallest absolute Gasteiger partial charge is 0.238 e. The summed E-state index contributed by atoms with van der Waals surface area (Å²) in [5.41, 5.74) is 0.0930. The van der Waals surface area contributed by atoms with Crippen LogP contribution in [0.25, 0.3) is 0 Å². The molecule has 1 amide bonds. The molecule has 0 saturated heterocycles. The number of rotatable bonds is 6. The van der Waals surface area contributed by atoms with Gasteiger partial charge in [0.15, 0.2) is 0 Å². The van der Waals surface area contributed by atoms with Crippen LogP contribution < -0.4 is 5.32 Å².